The van der Waals surface area contributed by atoms with Crippen LogP contribution in [0.2, 0.25) is 5.02 Å². The first kappa shape index (κ1) is 24.6. The van der Waals surface area contributed by atoms with Crippen molar-refractivity contribution in [3.05, 3.63) is 93.8 Å². The third kappa shape index (κ3) is 6.47. The van der Waals surface area contributed by atoms with E-state index in [-0.39, 0.29) is 11.4 Å². The van der Waals surface area contributed by atoms with Crippen molar-refractivity contribution in [2.24, 2.45) is 5.10 Å². The molecule has 1 heterocycles. The Morgan fingerprint density at radius 2 is 1.67 bits per heavy atom. The van der Waals surface area contributed by atoms with Crippen molar-refractivity contribution in [2.45, 2.75) is 32.2 Å². The second kappa shape index (κ2) is 10.7. The van der Waals surface area contributed by atoms with E-state index in [0.717, 1.165) is 15.4 Å². The van der Waals surface area contributed by atoms with E-state index in [1.807, 2.05) is 19.1 Å². The molecule has 3 aromatic rings. The fraction of sp³-hybridized carbons (Fsp3) is 0.208. The molecule has 7 nitrogen and oxygen atoms in total. The highest BCUT2D eigenvalue weighted by molar-refractivity contribution is 7.89. The zero-order chi connectivity index (χ0) is 24.0. The lowest BCUT2D eigenvalue weighted by Crippen LogP contribution is -2.39. The highest BCUT2D eigenvalue weighted by Gasteiger charge is 2.30. The van der Waals surface area contributed by atoms with Gasteiger partial charge in [0.1, 0.15) is 0 Å². The predicted molar refractivity (Wildman–Crippen MR) is 130 cm³/mol. The van der Waals surface area contributed by atoms with Gasteiger partial charge in [-0.2, -0.15) is 9.41 Å². The molecule has 1 aromatic heterocycles. The number of aromatic nitrogens is 1. The maximum atomic E-state index is 13.7. The highest BCUT2D eigenvalue weighted by Crippen LogP contribution is 2.26. The molecule has 9 heteroatoms. The van der Waals surface area contributed by atoms with Gasteiger partial charge in [0.25, 0.3) is 5.91 Å². The molecule has 0 aliphatic carbocycles. The number of halogens is 1. The predicted octanol–water partition coefficient (Wildman–Crippen LogP) is 4.00. The normalized spacial score (nSPS) is 11.8. The molecular weight excluding hydrogens is 460 g/mol. The Labute approximate surface area is 199 Å². The van der Waals surface area contributed by atoms with Crippen molar-refractivity contribution in [1.29, 1.82) is 0 Å². The van der Waals surface area contributed by atoms with Crippen LogP contribution in [0.1, 0.15) is 27.8 Å². The quantitative estimate of drug-likeness (QED) is 0.386. The van der Waals surface area contributed by atoms with Crippen molar-refractivity contribution in [2.75, 3.05) is 6.54 Å². The number of hydrogen-bond donors (Lipinski definition) is 1. The van der Waals surface area contributed by atoms with E-state index in [2.05, 4.69) is 15.5 Å². The van der Waals surface area contributed by atoms with Crippen LogP contribution in [0.25, 0.3) is 0 Å². The first-order chi connectivity index (χ1) is 15.7. The van der Waals surface area contributed by atoms with Gasteiger partial charge in [0, 0.05) is 24.0 Å². The average Bonchev–Trinajstić information content (AvgIpc) is 2.74. The van der Waals surface area contributed by atoms with E-state index >= 15 is 0 Å². The number of sulfonamides is 1. The first-order valence-corrected chi connectivity index (χ1v) is 12.0. The second-order valence-electron chi connectivity index (χ2n) is 7.70. The van der Waals surface area contributed by atoms with Crippen LogP contribution in [0.15, 0.2) is 70.9 Å². The van der Waals surface area contributed by atoms with E-state index in [4.69, 9.17) is 11.6 Å². The Kier molecular flexibility index (Phi) is 7.97. The molecule has 33 heavy (non-hydrogen) atoms. The Morgan fingerprint density at radius 3 is 2.27 bits per heavy atom. The summed E-state index contributed by atoms with van der Waals surface area (Å²) in [6.45, 7) is 5.04. The van der Waals surface area contributed by atoms with Gasteiger partial charge < -0.3 is 0 Å². The van der Waals surface area contributed by atoms with Crippen molar-refractivity contribution in [3.63, 3.8) is 0 Å². The number of hydrogen-bond acceptors (Lipinski definition) is 5. The van der Waals surface area contributed by atoms with Crippen LogP contribution >= 0.6 is 11.6 Å². The van der Waals surface area contributed by atoms with Crippen molar-refractivity contribution < 1.29 is 13.2 Å². The molecule has 1 N–H and O–H groups in total. The molecule has 0 fully saturated rings. The summed E-state index contributed by atoms with van der Waals surface area (Å²) in [6.07, 6.45) is 4.68. The third-order valence-electron chi connectivity index (χ3n) is 4.90. The van der Waals surface area contributed by atoms with E-state index in [1.54, 1.807) is 62.6 Å². The van der Waals surface area contributed by atoms with E-state index in [0.29, 0.717) is 21.7 Å². The average molecular weight is 485 g/mol. The number of hydrazone groups is 1. The molecule has 0 aliphatic heterocycles. The molecular formula is C24H25ClN4O3S. The lowest BCUT2D eigenvalue weighted by molar-refractivity contribution is -0.121. The monoisotopic (exact) mass is 484 g/mol. The summed E-state index contributed by atoms with van der Waals surface area (Å²) in [6, 6.07) is 13.9. The summed E-state index contributed by atoms with van der Waals surface area (Å²) in [7, 11) is -3.98. The number of nitrogens with one attached hydrogen (secondary N) is 1. The van der Waals surface area contributed by atoms with Gasteiger partial charge in [-0.1, -0.05) is 41.4 Å². The number of aryl methyl sites for hydroxylation is 3. The smallest absolute Gasteiger partial charge is 0.255 e. The number of carbonyl (C=O) groups is 1. The van der Waals surface area contributed by atoms with E-state index < -0.39 is 22.5 Å². The fourth-order valence-corrected chi connectivity index (χ4v) is 5.47. The molecule has 172 valence electrons. The summed E-state index contributed by atoms with van der Waals surface area (Å²) in [4.78, 5) is 16.7. The SMILES string of the molecule is Cc1cc(C)c(S(=O)(=O)N(CC(=O)N/N=C/c2ccncc2)Cc2ccc(Cl)cc2)c(C)c1. The van der Waals surface area contributed by atoms with Gasteiger partial charge in [-0.05, 0) is 67.3 Å². The molecule has 0 radical (unpaired) electrons. The van der Waals surface area contributed by atoms with Gasteiger partial charge >= 0.3 is 0 Å². The number of pyridine rings is 1. The Hall–Kier alpha value is -3.07. The molecule has 0 bridgehead atoms. The van der Waals surface area contributed by atoms with Crippen LogP contribution in [-0.4, -0.2) is 36.4 Å². The van der Waals surface area contributed by atoms with Gasteiger partial charge in [-0.15, -0.1) is 0 Å². The maximum absolute atomic E-state index is 13.7. The minimum absolute atomic E-state index is 0.00769. The summed E-state index contributed by atoms with van der Waals surface area (Å²) >= 11 is 5.97. The summed E-state index contributed by atoms with van der Waals surface area (Å²) in [5.74, 6) is -0.555. The molecule has 0 spiro atoms. The molecule has 0 aliphatic rings. The number of nitrogens with zero attached hydrogens (tertiary/aromatic N) is 3. The van der Waals surface area contributed by atoms with Gasteiger partial charge in [0.2, 0.25) is 10.0 Å². The van der Waals surface area contributed by atoms with Crippen LogP contribution in [-0.2, 0) is 21.4 Å². The maximum Gasteiger partial charge on any atom is 0.255 e. The van der Waals surface area contributed by atoms with Crippen molar-refractivity contribution >= 4 is 33.7 Å². The van der Waals surface area contributed by atoms with Gasteiger partial charge in [-0.3, -0.25) is 9.78 Å². The number of benzene rings is 2. The van der Waals surface area contributed by atoms with E-state index in [9.17, 15) is 13.2 Å². The molecule has 0 saturated heterocycles. The largest absolute Gasteiger partial charge is 0.272 e. The van der Waals surface area contributed by atoms with Crippen LogP contribution in [0.4, 0.5) is 0 Å². The van der Waals surface area contributed by atoms with E-state index in [1.165, 1.54) is 6.21 Å². The van der Waals surface area contributed by atoms with Crippen LogP contribution in [0.5, 0.6) is 0 Å². The fourth-order valence-electron chi connectivity index (χ4n) is 3.55. The Balaban J connectivity index is 1.88. The molecule has 2 aromatic carbocycles. The minimum atomic E-state index is -3.98. The van der Waals surface area contributed by atoms with Crippen molar-refractivity contribution in [3.8, 4) is 0 Å². The topological polar surface area (TPSA) is 91.7 Å². The van der Waals surface area contributed by atoms with Crippen LogP contribution in [0, 0.1) is 20.8 Å². The number of amides is 1. The molecule has 3 rings (SSSR count). The second-order valence-corrected chi connectivity index (χ2v) is 10.0. The Bertz CT molecular complexity index is 1240. The molecule has 0 saturated carbocycles. The molecule has 0 atom stereocenters. The summed E-state index contributed by atoms with van der Waals surface area (Å²) in [5.41, 5.74) is 6.09. The Morgan fingerprint density at radius 1 is 1.06 bits per heavy atom. The van der Waals surface area contributed by atoms with Crippen LogP contribution in [0.3, 0.4) is 0 Å². The third-order valence-corrected chi connectivity index (χ3v) is 7.25. The zero-order valence-corrected chi connectivity index (χ0v) is 20.2. The minimum Gasteiger partial charge on any atom is -0.272 e. The first-order valence-electron chi connectivity index (χ1n) is 10.2. The van der Waals surface area contributed by atoms with Gasteiger partial charge in [-0.25, -0.2) is 13.8 Å². The summed E-state index contributed by atoms with van der Waals surface area (Å²) < 4.78 is 28.5. The van der Waals surface area contributed by atoms with Crippen LogP contribution < -0.4 is 5.43 Å². The van der Waals surface area contributed by atoms with Gasteiger partial charge in [0.15, 0.2) is 0 Å². The molecule has 0 unspecified atom stereocenters. The number of carbonyl (C=O) groups excluding carboxylic acids is 1. The van der Waals surface area contributed by atoms with Gasteiger partial charge in [0.05, 0.1) is 17.7 Å². The zero-order valence-electron chi connectivity index (χ0n) is 18.6. The standard InChI is InChI=1S/C24H25ClN4O3S/c1-17-12-18(2)24(19(3)13-17)33(31,32)29(15-21-4-6-22(25)7-5-21)16-23(30)28-27-14-20-8-10-26-11-9-20/h4-14H,15-16H2,1-3H3,(H,28,30)/b27-14+. The van der Waals surface area contributed by atoms with Crippen molar-refractivity contribution in [1.82, 2.24) is 14.7 Å². The highest BCUT2D eigenvalue weighted by atomic mass is 35.5. The molecule has 1 amide bonds. The lowest BCUT2D eigenvalue weighted by Gasteiger charge is -2.24. The summed E-state index contributed by atoms with van der Waals surface area (Å²) in [5, 5.41) is 4.47. The lowest BCUT2D eigenvalue weighted by atomic mass is 10.1. The number of rotatable bonds is 8.